The molecule has 3 N–H and O–H groups in total. The molecule has 0 heterocycles. The molecule has 36 heavy (non-hydrogen) atoms. The van der Waals surface area contributed by atoms with E-state index in [1.54, 1.807) is 31.2 Å². The Hall–Kier alpha value is -3.27. The fraction of sp³-hybridized carbons (Fsp3) is 0.577. The minimum absolute atomic E-state index is 0.0651. The van der Waals surface area contributed by atoms with Crippen LogP contribution in [0.5, 0.6) is 0 Å². The van der Waals surface area contributed by atoms with Crippen molar-refractivity contribution in [1.29, 1.82) is 0 Å². The zero-order chi connectivity index (χ0) is 27.5. The van der Waals surface area contributed by atoms with Gasteiger partial charge in [0.25, 0.3) is 5.78 Å². The van der Waals surface area contributed by atoms with E-state index in [4.69, 9.17) is 4.74 Å². The van der Waals surface area contributed by atoms with Crippen LogP contribution >= 0.6 is 0 Å². The van der Waals surface area contributed by atoms with Gasteiger partial charge in [-0.05, 0) is 32.3 Å². The molecule has 3 amide bonds. The number of hydrogen-bond donors (Lipinski definition) is 3. The van der Waals surface area contributed by atoms with Crippen molar-refractivity contribution in [3.8, 4) is 0 Å². The third kappa shape index (κ3) is 10.6. The monoisotopic (exact) mass is 505 g/mol. The van der Waals surface area contributed by atoms with Gasteiger partial charge in [-0.1, -0.05) is 50.6 Å². The molecule has 1 aromatic rings. The molecule has 0 saturated heterocycles. The number of ketones is 1. The van der Waals surface area contributed by atoms with E-state index in [-0.39, 0.29) is 18.9 Å². The van der Waals surface area contributed by atoms with Crippen LogP contribution in [-0.4, -0.2) is 66.9 Å². The SMILES string of the molecule is CC[C@H](C)[C@H](NC(=O)[C@H](COC(C)(C)C)NC(C)=O)C(=O)N[C@@H](Cc1ccccc1)C(=O)C(=O)OC. The van der Waals surface area contributed by atoms with Crippen molar-refractivity contribution in [1.82, 2.24) is 16.0 Å². The lowest BCUT2D eigenvalue weighted by molar-refractivity contribution is -0.153. The van der Waals surface area contributed by atoms with Gasteiger partial charge in [-0.2, -0.15) is 0 Å². The van der Waals surface area contributed by atoms with Gasteiger partial charge in [0.2, 0.25) is 17.7 Å². The van der Waals surface area contributed by atoms with Crippen LogP contribution in [0.2, 0.25) is 0 Å². The third-order valence-electron chi connectivity index (χ3n) is 5.47. The van der Waals surface area contributed by atoms with Crippen molar-refractivity contribution in [2.45, 2.75) is 78.1 Å². The quantitative estimate of drug-likeness (QED) is 0.271. The van der Waals surface area contributed by atoms with Crippen molar-refractivity contribution in [3.05, 3.63) is 35.9 Å². The predicted molar refractivity (Wildman–Crippen MR) is 134 cm³/mol. The number of amides is 3. The Morgan fingerprint density at radius 1 is 0.917 bits per heavy atom. The lowest BCUT2D eigenvalue weighted by atomic mass is 9.96. The molecule has 0 aliphatic rings. The molecular formula is C26H39N3O7. The summed E-state index contributed by atoms with van der Waals surface area (Å²) < 4.78 is 10.2. The maximum atomic E-state index is 13.3. The largest absolute Gasteiger partial charge is 0.463 e. The fourth-order valence-corrected chi connectivity index (χ4v) is 3.28. The minimum atomic E-state index is -1.19. The first-order chi connectivity index (χ1) is 16.8. The molecule has 0 spiro atoms. The highest BCUT2D eigenvalue weighted by atomic mass is 16.5. The molecule has 0 fully saturated rings. The molecule has 0 aromatic heterocycles. The van der Waals surface area contributed by atoms with Gasteiger partial charge in [0.15, 0.2) is 0 Å². The third-order valence-corrected chi connectivity index (χ3v) is 5.47. The van der Waals surface area contributed by atoms with Gasteiger partial charge in [-0.15, -0.1) is 0 Å². The number of methoxy groups -OCH3 is 1. The zero-order valence-corrected chi connectivity index (χ0v) is 22.2. The van der Waals surface area contributed by atoms with E-state index in [2.05, 4.69) is 20.7 Å². The van der Waals surface area contributed by atoms with Crippen LogP contribution in [0.15, 0.2) is 30.3 Å². The molecule has 200 valence electrons. The minimum Gasteiger partial charge on any atom is -0.463 e. The molecule has 1 rings (SSSR count). The maximum Gasteiger partial charge on any atom is 0.376 e. The molecule has 10 heteroatoms. The lowest BCUT2D eigenvalue weighted by Gasteiger charge is -2.29. The first-order valence-electron chi connectivity index (χ1n) is 12.0. The first-order valence-corrected chi connectivity index (χ1v) is 12.0. The van der Waals surface area contributed by atoms with Crippen LogP contribution in [0.1, 0.15) is 53.5 Å². The smallest absolute Gasteiger partial charge is 0.376 e. The van der Waals surface area contributed by atoms with E-state index >= 15 is 0 Å². The second-order valence-corrected chi connectivity index (χ2v) is 9.66. The molecule has 0 saturated carbocycles. The Balaban J connectivity index is 3.13. The standard InChI is InChI=1S/C26H39N3O7/c1-8-16(2)21(29-23(32)20(27-17(3)30)15-36-26(4,5)6)24(33)28-19(22(31)25(34)35-7)14-18-12-10-9-11-13-18/h9-13,16,19-21H,8,14-15H2,1-7H3,(H,27,30)(H,28,33)(H,29,32)/t16-,19-,20-,21-/m0/s1. The summed E-state index contributed by atoms with van der Waals surface area (Å²) in [5.74, 6) is -3.96. The van der Waals surface area contributed by atoms with Crippen molar-refractivity contribution < 1.29 is 33.4 Å². The van der Waals surface area contributed by atoms with Crippen molar-refractivity contribution in [3.63, 3.8) is 0 Å². The van der Waals surface area contributed by atoms with Gasteiger partial charge in [0.1, 0.15) is 18.1 Å². The Morgan fingerprint density at radius 2 is 1.53 bits per heavy atom. The van der Waals surface area contributed by atoms with Gasteiger partial charge in [0.05, 0.1) is 19.3 Å². The molecule has 0 bridgehead atoms. The van der Waals surface area contributed by atoms with Crippen molar-refractivity contribution >= 4 is 29.5 Å². The molecule has 0 unspecified atom stereocenters. The average Bonchev–Trinajstić information content (AvgIpc) is 2.82. The second-order valence-electron chi connectivity index (χ2n) is 9.66. The highest BCUT2D eigenvalue weighted by molar-refractivity contribution is 6.36. The number of Topliss-reactive ketones (excluding diaryl/α,β-unsaturated/α-hetero) is 1. The summed E-state index contributed by atoms with van der Waals surface area (Å²) in [5, 5.41) is 7.85. The van der Waals surface area contributed by atoms with Crippen molar-refractivity contribution in [2.24, 2.45) is 5.92 Å². The lowest BCUT2D eigenvalue weighted by Crippen LogP contribution is -2.59. The van der Waals surface area contributed by atoms with Crippen LogP contribution in [0, 0.1) is 5.92 Å². The zero-order valence-electron chi connectivity index (χ0n) is 22.2. The molecule has 1 aromatic carbocycles. The molecule has 0 aliphatic heterocycles. The van der Waals surface area contributed by atoms with E-state index < -0.39 is 53.2 Å². The summed E-state index contributed by atoms with van der Waals surface area (Å²) in [4.78, 5) is 62.7. The van der Waals surface area contributed by atoms with E-state index in [9.17, 15) is 24.0 Å². The Kier molecular flexibility index (Phi) is 12.2. The summed E-state index contributed by atoms with van der Waals surface area (Å²) >= 11 is 0. The first kappa shape index (κ1) is 30.8. The van der Waals surface area contributed by atoms with Gasteiger partial charge in [0, 0.05) is 13.3 Å². The highest BCUT2D eigenvalue weighted by Gasteiger charge is 2.34. The van der Waals surface area contributed by atoms with E-state index in [1.807, 2.05) is 33.8 Å². The van der Waals surface area contributed by atoms with Crippen molar-refractivity contribution in [2.75, 3.05) is 13.7 Å². The highest BCUT2D eigenvalue weighted by Crippen LogP contribution is 2.12. The van der Waals surface area contributed by atoms with E-state index in [0.717, 1.165) is 12.7 Å². The number of benzene rings is 1. The fourth-order valence-electron chi connectivity index (χ4n) is 3.28. The van der Waals surface area contributed by atoms with E-state index in [1.165, 1.54) is 6.92 Å². The van der Waals surface area contributed by atoms with Crippen LogP contribution in [-0.2, 0) is 39.9 Å². The second kappa shape index (κ2) is 14.3. The Morgan fingerprint density at radius 3 is 2.03 bits per heavy atom. The number of rotatable bonds is 13. The van der Waals surface area contributed by atoms with Crippen LogP contribution in [0.4, 0.5) is 0 Å². The van der Waals surface area contributed by atoms with Crippen LogP contribution in [0.25, 0.3) is 0 Å². The van der Waals surface area contributed by atoms with E-state index in [0.29, 0.717) is 6.42 Å². The summed E-state index contributed by atoms with van der Waals surface area (Å²) in [6.07, 6.45) is 0.603. The Labute approximate surface area is 212 Å². The molecule has 4 atom stereocenters. The molecule has 10 nitrogen and oxygen atoms in total. The normalized spacial score (nSPS) is 14.5. The molecule has 0 radical (unpaired) electrons. The Bertz CT molecular complexity index is 912. The maximum absolute atomic E-state index is 13.3. The number of carbonyl (C=O) groups is 5. The number of hydrogen-bond acceptors (Lipinski definition) is 7. The molecular weight excluding hydrogens is 466 g/mol. The van der Waals surface area contributed by atoms with Crippen LogP contribution in [0.3, 0.4) is 0 Å². The number of carbonyl (C=O) groups excluding carboxylic acids is 5. The van der Waals surface area contributed by atoms with Gasteiger partial charge in [-0.25, -0.2) is 4.79 Å². The molecule has 0 aliphatic carbocycles. The summed E-state index contributed by atoms with van der Waals surface area (Å²) in [6.45, 7) is 10.3. The summed E-state index contributed by atoms with van der Waals surface area (Å²) in [7, 11) is 1.09. The predicted octanol–water partition coefficient (Wildman–Crippen LogP) is 1.31. The number of esters is 1. The van der Waals surface area contributed by atoms with Gasteiger partial charge < -0.3 is 25.4 Å². The topological polar surface area (TPSA) is 140 Å². The summed E-state index contributed by atoms with van der Waals surface area (Å²) in [5.41, 5.74) is 0.179. The van der Waals surface area contributed by atoms with Gasteiger partial charge in [-0.3, -0.25) is 19.2 Å². The average molecular weight is 506 g/mol. The van der Waals surface area contributed by atoms with Crippen LogP contribution < -0.4 is 16.0 Å². The number of ether oxygens (including phenoxy) is 2. The van der Waals surface area contributed by atoms with Gasteiger partial charge >= 0.3 is 5.97 Å². The number of nitrogens with one attached hydrogen (secondary N) is 3. The summed E-state index contributed by atoms with van der Waals surface area (Å²) in [6, 6.07) is 5.65.